The van der Waals surface area contributed by atoms with Crippen LogP contribution in [0, 0.1) is 41.3 Å². The van der Waals surface area contributed by atoms with E-state index < -0.39 is 46.6 Å². The number of carbonyl (C=O) groups excluding carboxylic acids is 2. The Bertz CT molecular complexity index is 1610. The molecule has 4 aliphatic rings. The fourth-order valence-corrected chi connectivity index (χ4v) is 9.57. The zero-order chi connectivity index (χ0) is 32.5. The summed E-state index contributed by atoms with van der Waals surface area (Å²) in [6.45, 7) is 7.27. The van der Waals surface area contributed by atoms with Gasteiger partial charge in [-0.1, -0.05) is 43.7 Å². The van der Waals surface area contributed by atoms with Gasteiger partial charge in [0.25, 0.3) is 0 Å². The second-order valence-electron chi connectivity index (χ2n) is 14.1. The summed E-state index contributed by atoms with van der Waals surface area (Å²) >= 11 is 0. The number of ketones is 2. The van der Waals surface area contributed by atoms with Crippen molar-refractivity contribution < 1.29 is 33.7 Å². The molecule has 0 amide bonds. The number of hydrogen-bond donors (Lipinski definition) is 4. The van der Waals surface area contributed by atoms with Crippen molar-refractivity contribution in [1.29, 1.82) is 0 Å². The summed E-state index contributed by atoms with van der Waals surface area (Å²) in [5.74, 6) is -2.26. The SMILES string of the molecule is CC(=O)C1[C@H](OC(O)c2c(C)ccc(OCc3cccc(N)c3)c2F)CC2C1(C)CC(O)C1C3(C)C=CC(=O)C=C3CCC12N. The second-order valence-corrected chi connectivity index (χ2v) is 14.1. The molecular weight excluding hydrogens is 575 g/mol. The first-order valence-electron chi connectivity index (χ1n) is 15.7. The molecule has 9 atom stereocenters. The number of aliphatic hydroxyl groups excluding tert-OH is 2. The molecule has 0 radical (unpaired) electrons. The number of rotatable bonds is 7. The van der Waals surface area contributed by atoms with E-state index in [1.165, 1.54) is 13.0 Å². The van der Waals surface area contributed by atoms with Gasteiger partial charge in [0.05, 0.1) is 17.8 Å². The van der Waals surface area contributed by atoms with Crippen molar-refractivity contribution in [2.45, 2.75) is 84.0 Å². The standard InChI is InChI=1S/C36H43FN2O6/c1-19-8-9-26(44-18-21-6-5-7-23(38)14-21)31(37)29(19)33(43)45-27-16-28-35(4,30(27)20(2)40)17-25(42)32-34(3)12-11-24(41)15-22(34)10-13-36(28,32)39/h5-9,11-12,14-15,25,27-28,30,32-33,42-43H,10,13,16-18,38-39H2,1-4H3/t25?,27-,28?,30?,32?,33?,34?,35?,36?/m1/s1. The smallest absolute Gasteiger partial charge is 0.184 e. The molecule has 6 rings (SSSR count). The Hall–Kier alpha value is -3.37. The number of nitrogens with two attached hydrogens (primary N) is 2. The van der Waals surface area contributed by atoms with Gasteiger partial charge in [-0.15, -0.1) is 0 Å². The molecule has 9 heteroatoms. The summed E-state index contributed by atoms with van der Waals surface area (Å²) in [7, 11) is 0. The highest BCUT2D eigenvalue weighted by molar-refractivity contribution is 6.01. The van der Waals surface area contributed by atoms with Gasteiger partial charge in [-0.2, -0.15) is 0 Å². The lowest BCUT2D eigenvalue weighted by atomic mass is 9.43. The van der Waals surface area contributed by atoms with Crippen LogP contribution in [0.3, 0.4) is 0 Å². The maximum absolute atomic E-state index is 15.9. The average molecular weight is 619 g/mol. The lowest BCUT2D eigenvalue weighted by Gasteiger charge is -2.63. The number of carbonyl (C=O) groups is 2. The van der Waals surface area contributed by atoms with Gasteiger partial charge >= 0.3 is 0 Å². The maximum atomic E-state index is 15.9. The minimum absolute atomic E-state index is 0.0407. The molecule has 0 saturated heterocycles. The molecule has 0 spiro atoms. The van der Waals surface area contributed by atoms with Crippen molar-refractivity contribution in [2.75, 3.05) is 5.73 Å². The minimum atomic E-state index is -1.67. The molecular formula is C36H43FN2O6. The van der Waals surface area contributed by atoms with Gasteiger partial charge in [-0.25, -0.2) is 4.39 Å². The Morgan fingerprint density at radius 3 is 2.69 bits per heavy atom. The predicted molar refractivity (Wildman–Crippen MR) is 167 cm³/mol. The average Bonchev–Trinajstić information content (AvgIpc) is 3.25. The summed E-state index contributed by atoms with van der Waals surface area (Å²) < 4.78 is 27.9. The summed E-state index contributed by atoms with van der Waals surface area (Å²) in [5.41, 5.74) is 13.8. The van der Waals surface area contributed by atoms with Crippen LogP contribution in [0.15, 0.2) is 60.2 Å². The molecule has 2 aromatic rings. The molecule has 4 aliphatic carbocycles. The molecule has 8 unspecified atom stereocenters. The Morgan fingerprint density at radius 1 is 1.22 bits per heavy atom. The van der Waals surface area contributed by atoms with E-state index in [1.807, 2.05) is 26.0 Å². The van der Waals surface area contributed by atoms with Crippen LogP contribution in [-0.2, 0) is 20.9 Å². The van der Waals surface area contributed by atoms with Crippen LogP contribution in [0.5, 0.6) is 5.75 Å². The Morgan fingerprint density at radius 2 is 1.98 bits per heavy atom. The molecule has 0 aliphatic heterocycles. The highest BCUT2D eigenvalue weighted by Gasteiger charge is 2.70. The molecule has 0 bridgehead atoms. The van der Waals surface area contributed by atoms with E-state index in [4.69, 9.17) is 20.9 Å². The van der Waals surface area contributed by atoms with E-state index in [-0.39, 0.29) is 41.3 Å². The lowest BCUT2D eigenvalue weighted by molar-refractivity contribution is -0.166. The highest BCUT2D eigenvalue weighted by Crippen LogP contribution is 2.67. The van der Waals surface area contributed by atoms with Gasteiger partial charge < -0.3 is 31.2 Å². The maximum Gasteiger partial charge on any atom is 0.184 e. The Kier molecular flexibility index (Phi) is 7.84. The second kappa shape index (κ2) is 11.2. The number of allylic oxidation sites excluding steroid dienone is 4. The highest BCUT2D eigenvalue weighted by atomic mass is 19.1. The minimum Gasteiger partial charge on any atom is -0.486 e. The van der Waals surface area contributed by atoms with Crippen LogP contribution in [0.25, 0.3) is 0 Å². The first-order chi connectivity index (χ1) is 21.2. The lowest BCUT2D eigenvalue weighted by Crippen LogP contribution is -2.70. The zero-order valence-corrected chi connectivity index (χ0v) is 26.3. The van der Waals surface area contributed by atoms with Gasteiger partial charge in [-0.05, 0) is 92.3 Å². The first-order valence-corrected chi connectivity index (χ1v) is 15.7. The van der Waals surface area contributed by atoms with E-state index in [0.29, 0.717) is 36.9 Å². The number of anilines is 1. The topological polar surface area (TPSA) is 145 Å². The number of aliphatic hydroxyl groups is 2. The first kappa shape index (κ1) is 31.6. The van der Waals surface area contributed by atoms with Crippen LogP contribution in [0.2, 0.25) is 0 Å². The van der Waals surface area contributed by atoms with Crippen LogP contribution >= 0.6 is 0 Å². The fraction of sp³-hybridized carbons (Fsp3) is 0.500. The fourth-order valence-electron chi connectivity index (χ4n) is 9.57. The van der Waals surface area contributed by atoms with Crippen molar-refractivity contribution in [3.8, 4) is 5.75 Å². The normalized spacial score (nSPS) is 36.0. The summed E-state index contributed by atoms with van der Waals surface area (Å²) in [6.07, 6.45) is 3.65. The third-order valence-electron chi connectivity index (χ3n) is 11.4. The van der Waals surface area contributed by atoms with E-state index in [0.717, 1.165) is 11.1 Å². The Labute approximate surface area is 263 Å². The van der Waals surface area contributed by atoms with Crippen molar-refractivity contribution in [2.24, 2.45) is 34.3 Å². The van der Waals surface area contributed by atoms with E-state index in [1.54, 1.807) is 43.3 Å². The van der Waals surface area contributed by atoms with Crippen molar-refractivity contribution in [3.63, 3.8) is 0 Å². The monoisotopic (exact) mass is 618 g/mol. The van der Waals surface area contributed by atoms with E-state index >= 15 is 4.39 Å². The molecule has 3 saturated carbocycles. The molecule has 8 nitrogen and oxygen atoms in total. The quantitative estimate of drug-likeness (QED) is 0.255. The van der Waals surface area contributed by atoms with E-state index in [9.17, 15) is 19.8 Å². The molecule has 45 heavy (non-hydrogen) atoms. The van der Waals surface area contributed by atoms with Gasteiger partial charge in [0.15, 0.2) is 23.6 Å². The molecule has 0 aromatic heterocycles. The van der Waals surface area contributed by atoms with Gasteiger partial charge in [-0.3, -0.25) is 9.59 Å². The zero-order valence-electron chi connectivity index (χ0n) is 26.3. The molecule has 2 aromatic carbocycles. The number of nitrogen functional groups attached to an aromatic ring is 1. The molecule has 3 fully saturated rings. The van der Waals surface area contributed by atoms with Crippen molar-refractivity contribution in [3.05, 3.63) is 82.7 Å². The summed E-state index contributed by atoms with van der Waals surface area (Å²) in [4.78, 5) is 25.5. The number of hydrogen-bond acceptors (Lipinski definition) is 8. The number of fused-ring (bicyclic) bond motifs is 5. The van der Waals surface area contributed by atoms with Crippen LogP contribution < -0.4 is 16.2 Å². The van der Waals surface area contributed by atoms with Gasteiger partial charge in [0.1, 0.15) is 12.4 Å². The molecule has 240 valence electrons. The van der Waals surface area contributed by atoms with Crippen molar-refractivity contribution in [1.82, 2.24) is 0 Å². The van der Waals surface area contributed by atoms with Crippen LogP contribution in [0.1, 0.15) is 69.4 Å². The van der Waals surface area contributed by atoms with E-state index in [2.05, 4.69) is 0 Å². The van der Waals surface area contributed by atoms with Crippen LogP contribution in [0.4, 0.5) is 10.1 Å². The largest absolute Gasteiger partial charge is 0.486 e. The Balaban J connectivity index is 1.29. The van der Waals surface area contributed by atoms with Gasteiger partial charge in [0, 0.05) is 28.5 Å². The molecule has 6 N–H and O–H groups in total. The number of Topliss-reactive ketones (excluding diaryl/α,β-unsaturated/α-hetero) is 1. The third kappa shape index (κ3) is 5.04. The number of benzene rings is 2. The summed E-state index contributed by atoms with van der Waals surface area (Å²) in [5, 5.41) is 23.2. The number of halogens is 1. The third-order valence-corrected chi connectivity index (χ3v) is 11.4. The summed E-state index contributed by atoms with van der Waals surface area (Å²) in [6, 6.07) is 10.3. The van der Waals surface area contributed by atoms with Gasteiger partial charge in [0.2, 0.25) is 0 Å². The number of ether oxygens (including phenoxy) is 2. The predicted octanol–water partition coefficient (Wildman–Crippen LogP) is 4.85. The van der Waals surface area contributed by atoms with Crippen molar-refractivity contribution >= 4 is 17.3 Å². The van der Waals surface area contributed by atoms with Crippen LogP contribution in [-0.4, -0.2) is 39.5 Å². The number of aryl methyl sites for hydroxylation is 1. The molecule has 0 heterocycles.